The van der Waals surface area contributed by atoms with Crippen molar-refractivity contribution in [2.45, 2.75) is 45.1 Å². The number of ether oxygens (including phenoxy) is 1. The summed E-state index contributed by atoms with van der Waals surface area (Å²) in [6, 6.07) is 0. The Morgan fingerprint density at radius 3 is 2.93 bits per heavy atom. The van der Waals surface area contributed by atoms with Crippen LogP contribution in [0.2, 0.25) is 0 Å². The summed E-state index contributed by atoms with van der Waals surface area (Å²) in [6.07, 6.45) is -0.0922. The number of carboxylic acids is 1. The van der Waals surface area contributed by atoms with Crippen molar-refractivity contribution in [2.75, 3.05) is 13.2 Å². The van der Waals surface area contributed by atoms with Crippen molar-refractivity contribution in [3.8, 4) is 0 Å². The molecular formula is C15H21N2O9P. The second kappa shape index (κ2) is 7.69. The van der Waals surface area contributed by atoms with Crippen LogP contribution in [-0.2, 0) is 27.7 Å². The molecule has 1 aromatic rings. The molecule has 1 aromatic heterocycles. The number of phosphoric acid groups is 1. The quantitative estimate of drug-likeness (QED) is 0.657. The number of nitrogens with zero attached hydrogens (tertiary/aromatic N) is 1. The molecule has 5 atom stereocenters. The van der Waals surface area contributed by atoms with Gasteiger partial charge in [-0.2, -0.15) is 0 Å². The molecule has 0 spiro atoms. The van der Waals surface area contributed by atoms with Crippen molar-refractivity contribution in [1.82, 2.24) is 9.55 Å². The smallest absolute Gasteiger partial charge is 0.475 e. The number of aryl methyl sites for hydroxylation is 1. The molecule has 0 radical (unpaired) electrons. The molecule has 3 rings (SSSR count). The normalized spacial score (nSPS) is 31.4. The zero-order chi connectivity index (χ0) is 19.8. The van der Waals surface area contributed by atoms with Crippen LogP contribution in [0, 0.1) is 12.8 Å². The second-order valence-electron chi connectivity index (χ2n) is 6.59. The SMILES string of the molecule is Cc1cn([C@@H]2C[C@H]3O[P@@](=O)(OCCC(C)C(=O)O)OC[C@@H]3O2)c(=O)[nH]c1=O. The van der Waals surface area contributed by atoms with Crippen LogP contribution in [0.4, 0.5) is 0 Å². The summed E-state index contributed by atoms with van der Waals surface area (Å²) < 4.78 is 35.3. The number of H-pyrrole nitrogens is 1. The number of fused-ring (bicyclic) bond motifs is 1. The lowest BCUT2D eigenvalue weighted by atomic mass is 10.1. The van der Waals surface area contributed by atoms with Gasteiger partial charge in [-0.15, -0.1) is 0 Å². The van der Waals surface area contributed by atoms with Gasteiger partial charge in [0, 0.05) is 18.2 Å². The van der Waals surface area contributed by atoms with Crippen LogP contribution in [0.25, 0.3) is 0 Å². The van der Waals surface area contributed by atoms with Crippen LogP contribution in [0.15, 0.2) is 15.8 Å². The highest BCUT2D eigenvalue weighted by Gasteiger charge is 2.48. The molecule has 11 nitrogen and oxygen atoms in total. The first kappa shape index (κ1) is 20.0. The van der Waals surface area contributed by atoms with Crippen molar-refractivity contribution in [3.05, 3.63) is 32.6 Å². The maximum absolute atomic E-state index is 12.6. The van der Waals surface area contributed by atoms with Gasteiger partial charge in [0.15, 0.2) is 0 Å². The minimum Gasteiger partial charge on any atom is -0.481 e. The maximum Gasteiger partial charge on any atom is 0.475 e. The van der Waals surface area contributed by atoms with Crippen molar-refractivity contribution in [2.24, 2.45) is 5.92 Å². The van der Waals surface area contributed by atoms with Crippen LogP contribution < -0.4 is 11.2 Å². The third-order valence-corrected chi connectivity index (χ3v) is 6.01. The summed E-state index contributed by atoms with van der Waals surface area (Å²) in [4.78, 5) is 36.5. The lowest BCUT2D eigenvalue weighted by Gasteiger charge is -2.29. The summed E-state index contributed by atoms with van der Waals surface area (Å²) in [5.41, 5.74) is -0.733. The molecule has 0 aromatic carbocycles. The molecule has 12 heteroatoms. The van der Waals surface area contributed by atoms with Gasteiger partial charge in [0.1, 0.15) is 18.4 Å². The molecule has 0 bridgehead atoms. The van der Waals surface area contributed by atoms with E-state index in [0.717, 1.165) is 0 Å². The average Bonchev–Trinajstić information content (AvgIpc) is 3.00. The van der Waals surface area contributed by atoms with Gasteiger partial charge in [0.25, 0.3) is 5.56 Å². The van der Waals surface area contributed by atoms with Crippen molar-refractivity contribution in [1.29, 1.82) is 0 Å². The zero-order valence-corrected chi connectivity index (χ0v) is 15.7. The van der Waals surface area contributed by atoms with E-state index in [1.165, 1.54) is 17.7 Å². The lowest BCUT2D eigenvalue weighted by molar-refractivity contribution is -0.141. The Morgan fingerprint density at radius 1 is 1.48 bits per heavy atom. The van der Waals surface area contributed by atoms with E-state index in [1.807, 2.05) is 0 Å². The minimum absolute atomic E-state index is 0.0516. The number of rotatable bonds is 6. The summed E-state index contributed by atoms with van der Waals surface area (Å²) >= 11 is 0. The van der Waals surface area contributed by atoms with E-state index in [2.05, 4.69) is 4.98 Å². The van der Waals surface area contributed by atoms with Gasteiger partial charge in [0.05, 0.1) is 19.1 Å². The first-order valence-corrected chi connectivity index (χ1v) is 9.92. The van der Waals surface area contributed by atoms with Gasteiger partial charge in [-0.05, 0) is 13.3 Å². The van der Waals surface area contributed by atoms with E-state index in [0.29, 0.717) is 5.56 Å². The Bertz CT molecular complexity index is 879. The van der Waals surface area contributed by atoms with Crippen LogP contribution in [0.1, 0.15) is 31.6 Å². The molecule has 2 saturated heterocycles. The molecule has 3 heterocycles. The molecule has 150 valence electrons. The molecule has 2 N–H and O–H groups in total. The van der Waals surface area contributed by atoms with Crippen molar-refractivity contribution >= 4 is 13.8 Å². The number of aliphatic carboxylic acids is 1. The van der Waals surface area contributed by atoms with E-state index in [4.69, 9.17) is 23.4 Å². The predicted molar refractivity (Wildman–Crippen MR) is 90.4 cm³/mol. The fourth-order valence-electron chi connectivity index (χ4n) is 2.83. The molecule has 27 heavy (non-hydrogen) atoms. The number of carboxylic acid groups (broad SMARTS) is 1. The average molecular weight is 404 g/mol. The van der Waals surface area contributed by atoms with Gasteiger partial charge in [0.2, 0.25) is 0 Å². The Morgan fingerprint density at radius 2 is 2.22 bits per heavy atom. The fourth-order valence-corrected chi connectivity index (χ4v) is 4.23. The highest BCUT2D eigenvalue weighted by Crippen LogP contribution is 2.56. The Hall–Kier alpha value is -1.78. The molecule has 2 fully saturated rings. The molecule has 0 saturated carbocycles. The number of aromatic nitrogens is 2. The highest BCUT2D eigenvalue weighted by molar-refractivity contribution is 7.48. The topological polar surface area (TPSA) is 146 Å². The highest BCUT2D eigenvalue weighted by atomic mass is 31.2. The molecule has 0 aliphatic carbocycles. The number of hydrogen-bond acceptors (Lipinski definition) is 8. The first-order chi connectivity index (χ1) is 12.7. The van der Waals surface area contributed by atoms with Gasteiger partial charge < -0.3 is 9.84 Å². The third kappa shape index (κ3) is 4.39. The molecule has 1 unspecified atom stereocenters. The predicted octanol–water partition coefficient (Wildman–Crippen LogP) is 0.783. The van der Waals surface area contributed by atoms with Crippen LogP contribution in [-0.4, -0.2) is 46.0 Å². The number of carbonyl (C=O) groups is 1. The molecule has 2 aliphatic heterocycles. The van der Waals surface area contributed by atoms with Gasteiger partial charge >= 0.3 is 19.5 Å². The number of phosphoric ester groups is 1. The van der Waals surface area contributed by atoms with Crippen molar-refractivity contribution < 1.29 is 32.8 Å². The van der Waals surface area contributed by atoms with E-state index in [-0.39, 0.29) is 26.1 Å². The van der Waals surface area contributed by atoms with Crippen LogP contribution in [0.5, 0.6) is 0 Å². The van der Waals surface area contributed by atoms with E-state index in [9.17, 15) is 18.9 Å². The van der Waals surface area contributed by atoms with Gasteiger partial charge in [-0.1, -0.05) is 6.92 Å². The van der Waals surface area contributed by atoms with Gasteiger partial charge in [-0.3, -0.25) is 32.7 Å². The molecule has 2 aliphatic rings. The Kier molecular flexibility index (Phi) is 5.68. The van der Waals surface area contributed by atoms with Crippen molar-refractivity contribution in [3.63, 3.8) is 0 Å². The summed E-state index contributed by atoms with van der Waals surface area (Å²) in [7, 11) is -3.84. The van der Waals surface area contributed by atoms with E-state index in [1.54, 1.807) is 6.92 Å². The Labute approximate surface area is 153 Å². The monoisotopic (exact) mass is 404 g/mol. The summed E-state index contributed by atoms with van der Waals surface area (Å²) in [5.74, 6) is -1.63. The summed E-state index contributed by atoms with van der Waals surface area (Å²) in [5, 5.41) is 8.85. The lowest BCUT2D eigenvalue weighted by Crippen LogP contribution is -2.34. The van der Waals surface area contributed by atoms with E-state index < -0.39 is 49.4 Å². The first-order valence-electron chi connectivity index (χ1n) is 8.46. The standard InChI is InChI=1S/C15H21N2O9P/c1-8(14(19)20)3-4-23-27(22)24-7-11-10(26-27)5-12(25-11)17-6-9(2)13(18)16-15(17)21/h6,8,10-12H,3-5,7H2,1-2H3,(H,19,20)(H,16,18,21)/t8?,10-,11+,12+,27+/m1/s1. The summed E-state index contributed by atoms with van der Waals surface area (Å²) in [6.45, 7) is 2.94. The molecular weight excluding hydrogens is 383 g/mol. The minimum atomic E-state index is -3.84. The van der Waals surface area contributed by atoms with Crippen LogP contribution >= 0.6 is 7.82 Å². The van der Waals surface area contributed by atoms with E-state index >= 15 is 0 Å². The van der Waals surface area contributed by atoms with Crippen LogP contribution in [0.3, 0.4) is 0 Å². The number of aromatic amines is 1. The Balaban J connectivity index is 1.63. The number of hydrogen-bond donors (Lipinski definition) is 2. The third-order valence-electron chi connectivity index (χ3n) is 4.52. The largest absolute Gasteiger partial charge is 0.481 e. The maximum atomic E-state index is 12.6. The molecule has 0 amide bonds. The second-order valence-corrected chi connectivity index (χ2v) is 8.21. The number of nitrogens with one attached hydrogen (secondary N) is 1. The fraction of sp³-hybridized carbons (Fsp3) is 0.667. The zero-order valence-electron chi connectivity index (χ0n) is 14.8. The van der Waals surface area contributed by atoms with Gasteiger partial charge in [-0.25, -0.2) is 9.36 Å².